The summed E-state index contributed by atoms with van der Waals surface area (Å²) in [6.07, 6.45) is 0.277. The number of rotatable bonds is 3. The van der Waals surface area contributed by atoms with Gasteiger partial charge in [-0.25, -0.2) is 0 Å². The maximum absolute atomic E-state index is 11.5. The lowest BCUT2D eigenvalue weighted by Gasteiger charge is -2.18. The minimum absolute atomic E-state index is 0.0704. The number of thiocarbonyl (C=S) groups is 1. The van der Waals surface area contributed by atoms with Gasteiger partial charge in [-0.1, -0.05) is 0 Å². The fraction of sp³-hybridized carbons (Fsp3) is 0.556. The molecule has 1 rings (SSSR count). The molecule has 1 fully saturated rings. The van der Waals surface area contributed by atoms with Crippen LogP contribution >= 0.6 is 12.2 Å². The molecule has 0 aromatic carbocycles. The van der Waals surface area contributed by atoms with Gasteiger partial charge in [0.05, 0.1) is 7.11 Å². The molecular weight excluding hydrogens is 232 g/mol. The second kappa shape index (κ2) is 5.02. The van der Waals surface area contributed by atoms with Gasteiger partial charge in [-0.3, -0.25) is 19.3 Å². The number of hydrogen-bond acceptors (Lipinski definition) is 5. The van der Waals surface area contributed by atoms with Crippen molar-refractivity contribution in [3.8, 4) is 0 Å². The Hall–Kier alpha value is -1.50. The lowest BCUT2D eigenvalue weighted by Crippen LogP contribution is -2.39. The second-order valence-corrected chi connectivity index (χ2v) is 3.70. The summed E-state index contributed by atoms with van der Waals surface area (Å²) in [5, 5.41) is 2.48. The van der Waals surface area contributed by atoms with Gasteiger partial charge in [-0.2, -0.15) is 0 Å². The number of hydrogen-bond donors (Lipinski definition) is 1. The van der Waals surface area contributed by atoms with Crippen molar-refractivity contribution in [2.45, 2.75) is 25.8 Å². The highest BCUT2D eigenvalue weighted by Crippen LogP contribution is 2.14. The molecular formula is C9H12N2O4S. The van der Waals surface area contributed by atoms with Gasteiger partial charge in [-0.05, 0) is 18.6 Å². The fourth-order valence-corrected chi connectivity index (χ4v) is 1.84. The predicted molar refractivity (Wildman–Crippen MR) is 58.3 cm³/mol. The van der Waals surface area contributed by atoms with Crippen molar-refractivity contribution in [2.75, 3.05) is 7.11 Å². The van der Waals surface area contributed by atoms with Crippen LogP contribution in [-0.2, 0) is 19.1 Å². The van der Waals surface area contributed by atoms with Gasteiger partial charge in [0.15, 0.2) is 5.11 Å². The minimum atomic E-state index is -0.705. The van der Waals surface area contributed by atoms with E-state index in [9.17, 15) is 14.4 Å². The lowest BCUT2D eigenvalue weighted by atomic mass is 10.1. The quantitative estimate of drug-likeness (QED) is 0.538. The van der Waals surface area contributed by atoms with Crippen molar-refractivity contribution in [1.82, 2.24) is 10.2 Å². The Bertz CT molecular complexity index is 355. The van der Waals surface area contributed by atoms with Crippen LogP contribution in [0.1, 0.15) is 19.8 Å². The normalized spacial score (nSPS) is 19.6. The van der Waals surface area contributed by atoms with E-state index in [0.29, 0.717) is 0 Å². The van der Waals surface area contributed by atoms with Gasteiger partial charge in [0.2, 0.25) is 11.8 Å². The number of esters is 1. The average molecular weight is 244 g/mol. The van der Waals surface area contributed by atoms with Crippen molar-refractivity contribution in [3.05, 3.63) is 0 Å². The van der Waals surface area contributed by atoms with Crippen LogP contribution < -0.4 is 5.32 Å². The summed E-state index contributed by atoms with van der Waals surface area (Å²) >= 11 is 4.84. The molecule has 0 aromatic rings. The molecule has 1 heterocycles. The Kier molecular flexibility index (Phi) is 3.94. The van der Waals surface area contributed by atoms with Crippen molar-refractivity contribution in [1.29, 1.82) is 0 Å². The van der Waals surface area contributed by atoms with Gasteiger partial charge in [0, 0.05) is 13.3 Å². The molecule has 0 aliphatic carbocycles. The zero-order valence-corrected chi connectivity index (χ0v) is 9.80. The van der Waals surface area contributed by atoms with Crippen molar-refractivity contribution >= 4 is 35.1 Å². The van der Waals surface area contributed by atoms with E-state index in [1.165, 1.54) is 18.9 Å². The van der Waals surface area contributed by atoms with Crippen LogP contribution in [0, 0.1) is 0 Å². The van der Waals surface area contributed by atoms with Gasteiger partial charge >= 0.3 is 5.97 Å². The summed E-state index contributed by atoms with van der Waals surface area (Å²) in [5.41, 5.74) is 0. The topological polar surface area (TPSA) is 75.7 Å². The zero-order chi connectivity index (χ0) is 12.3. The van der Waals surface area contributed by atoms with Crippen molar-refractivity contribution < 1.29 is 19.1 Å². The van der Waals surface area contributed by atoms with E-state index in [1.54, 1.807) is 0 Å². The van der Waals surface area contributed by atoms with Crippen LogP contribution in [0.4, 0.5) is 0 Å². The number of nitrogens with zero attached hydrogens (tertiary/aromatic N) is 1. The van der Waals surface area contributed by atoms with Crippen LogP contribution in [0.2, 0.25) is 0 Å². The lowest BCUT2D eigenvalue weighted by molar-refractivity contribution is -0.141. The molecule has 6 nitrogen and oxygen atoms in total. The summed E-state index contributed by atoms with van der Waals surface area (Å²) in [4.78, 5) is 34.8. The molecule has 16 heavy (non-hydrogen) atoms. The van der Waals surface area contributed by atoms with E-state index in [1.807, 2.05) is 0 Å². The van der Waals surface area contributed by atoms with Crippen LogP contribution in [0.3, 0.4) is 0 Å². The van der Waals surface area contributed by atoms with E-state index in [-0.39, 0.29) is 29.8 Å². The molecule has 1 saturated heterocycles. The van der Waals surface area contributed by atoms with Crippen LogP contribution in [-0.4, -0.2) is 40.9 Å². The molecule has 0 bridgehead atoms. The number of ether oxygens (including phenoxy) is 1. The van der Waals surface area contributed by atoms with Gasteiger partial charge < -0.3 is 10.1 Å². The second-order valence-electron chi connectivity index (χ2n) is 3.31. The summed E-state index contributed by atoms with van der Waals surface area (Å²) in [6, 6.07) is -0.705. The molecule has 2 amide bonds. The average Bonchev–Trinajstić information content (AvgIpc) is 2.49. The van der Waals surface area contributed by atoms with Gasteiger partial charge in [-0.15, -0.1) is 0 Å². The first kappa shape index (κ1) is 12.6. The third-order valence-corrected chi connectivity index (χ3v) is 2.55. The van der Waals surface area contributed by atoms with Gasteiger partial charge in [0.25, 0.3) is 0 Å². The zero-order valence-electron chi connectivity index (χ0n) is 8.98. The van der Waals surface area contributed by atoms with Crippen molar-refractivity contribution in [3.63, 3.8) is 0 Å². The standard InChI is InChI=1S/C9H12N2O4S/c1-5(12)11-6(3-4-7(13)15-2)8(14)10-9(11)16/h6H,3-4H2,1-2H3,(H,10,14,16). The van der Waals surface area contributed by atoms with E-state index in [4.69, 9.17) is 12.2 Å². The molecule has 88 valence electrons. The van der Waals surface area contributed by atoms with E-state index in [2.05, 4.69) is 10.1 Å². The summed E-state index contributed by atoms with van der Waals surface area (Å²) in [7, 11) is 1.27. The molecule has 1 N–H and O–H groups in total. The van der Waals surface area contributed by atoms with Crippen LogP contribution in [0.15, 0.2) is 0 Å². The highest BCUT2D eigenvalue weighted by Gasteiger charge is 2.38. The fourth-order valence-electron chi connectivity index (χ4n) is 1.49. The van der Waals surface area contributed by atoms with E-state index in [0.717, 1.165) is 0 Å². The first-order valence-electron chi connectivity index (χ1n) is 4.68. The first-order valence-corrected chi connectivity index (χ1v) is 5.09. The Morgan fingerprint density at radius 1 is 1.56 bits per heavy atom. The molecule has 1 unspecified atom stereocenters. The first-order chi connectivity index (χ1) is 7.47. The molecule has 1 atom stereocenters. The van der Waals surface area contributed by atoms with Crippen molar-refractivity contribution in [2.24, 2.45) is 0 Å². The molecule has 0 radical (unpaired) electrons. The Morgan fingerprint density at radius 3 is 2.69 bits per heavy atom. The maximum Gasteiger partial charge on any atom is 0.305 e. The molecule has 1 aliphatic heterocycles. The minimum Gasteiger partial charge on any atom is -0.469 e. The molecule has 0 aromatic heterocycles. The Labute approximate surface area is 97.9 Å². The van der Waals surface area contributed by atoms with E-state index >= 15 is 0 Å². The Morgan fingerprint density at radius 2 is 2.19 bits per heavy atom. The number of methoxy groups -OCH3 is 1. The number of carbonyl (C=O) groups is 3. The summed E-state index contributed by atoms with van der Waals surface area (Å²) in [5.74, 6) is -1.10. The predicted octanol–water partition coefficient (Wildman–Crippen LogP) is -0.429. The third kappa shape index (κ3) is 2.54. The highest BCUT2D eigenvalue weighted by molar-refractivity contribution is 7.80. The SMILES string of the molecule is COC(=O)CCC1C(=O)NC(=S)N1C(C)=O. The summed E-state index contributed by atoms with van der Waals surface area (Å²) in [6.45, 7) is 1.32. The largest absolute Gasteiger partial charge is 0.469 e. The molecule has 1 aliphatic rings. The third-order valence-electron chi connectivity index (χ3n) is 2.25. The van der Waals surface area contributed by atoms with Crippen LogP contribution in [0.25, 0.3) is 0 Å². The smallest absolute Gasteiger partial charge is 0.305 e. The summed E-state index contributed by atoms with van der Waals surface area (Å²) < 4.78 is 4.46. The highest BCUT2D eigenvalue weighted by atomic mass is 32.1. The monoisotopic (exact) mass is 244 g/mol. The maximum atomic E-state index is 11.5. The van der Waals surface area contributed by atoms with Crippen LogP contribution in [0.5, 0.6) is 0 Å². The van der Waals surface area contributed by atoms with E-state index < -0.39 is 12.0 Å². The molecule has 7 heteroatoms. The number of amides is 2. The molecule has 0 saturated carbocycles. The molecule has 0 spiro atoms. The Balaban J connectivity index is 2.69. The number of carbonyl (C=O) groups excluding carboxylic acids is 3. The number of nitrogens with one attached hydrogen (secondary N) is 1. The van der Waals surface area contributed by atoms with Gasteiger partial charge in [0.1, 0.15) is 6.04 Å².